The second kappa shape index (κ2) is 14.2. The van der Waals surface area contributed by atoms with Crippen molar-refractivity contribution in [2.45, 2.75) is 51.9 Å². The maximum absolute atomic E-state index is 12.8. The van der Waals surface area contributed by atoms with Crippen molar-refractivity contribution in [3.63, 3.8) is 0 Å². The van der Waals surface area contributed by atoms with Gasteiger partial charge in [-0.05, 0) is 42.7 Å². The Bertz CT molecular complexity index is 1560. The smallest absolute Gasteiger partial charge is 0.416 e. The van der Waals surface area contributed by atoms with Crippen LogP contribution in [0.3, 0.4) is 0 Å². The molecule has 43 heavy (non-hydrogen) atoms. The molecule has 224 valence electrons. The van der Waals surface area contributed by atoms with E-state index in [0.717, 1.165) is 57.4 Å². The molecule has 0 saturated heterocycles. The third-order valence-electron chi connectivity index (χ3n) is 6.70. The summed E-state index contributed by atoms with van der Waals surface area (Å²) >= 11 is 1.65. The number of benzene rings is 3. The van der Waals surface area contributed by atoms with E-state index in [2.05, 4.69) is 12.2 Å². The summed E-state index contributed by atoms with van der Waals surface area (Å²) in [6, 6.07) is 20.0. The van der Waals surface area contributed by atoms with Crippen molar-refractivity contribution in [1.82, 2.24) is 10.3 Å². The van der Waals surface area contributed by atoms with E-state index in [0.29, 0.717) is 24.5 Å². The average molecular weight is 609 g/mol. The van der Waals surface area contributed by atoms with Gasteiger partial charge in [0.05, 0.1) is 11.3 Å². The van der Waals surface area contributed by atoms with Crippen molar-refractivity contribution in [2.75, 3.05) is 0 Å². The number of nitrogens with one attached hydrogen (secondary N) is 1. The van der Waals surface area contributed by atoms with Gasteiger partial charge in [-0.15, -0.1) is 11.3 Å². The number of hydrogen-bond donors (Lipinski definition) is 2. The minimum Gasteiger partial charge on any atom is -0.487 e. The van der Waals surface area contributed by atoms with Gasteiger partial charge in [0.1, 0.15) is 23.4 Å². The summed E-state index contributed by atoms with van der Waals surface area (Å²) in [5, 5.41) is 13.7. The lowest BCUT2D eigenvalue weighted by Gasteiger charge is -2.18. The normalized spacial score (nSPS) is 12.5. The first-order chi connectivity index (χ1) is 20.6. The minimum absolute atomic E-state index is 0.0724. The van der Waals surface area contributed by atoms with Gasteiger partial charge in [0, 0.05) is 34.2 Å². The molecule has 0 spiro atoms. The zero-order valence-corrected chi connectivity index (χ0v) is 24.5. The van der Waals surface area contributed by atoms with Gasteiger partial charge in [-0.2, -0.15) is 13.2 Å². The van der Waals surface area contributed by atoms with Crippen molar-refractivity contribution in [2.24, 2.45) is 0 Å². The van der Waals surface area contributed by atoms with E-state index in [4.69, 9.17) is 9.72 Å². The van der Waals surface area contributed by atoms with Gasteiger partial charge in [0.25, 0.3) is 0 Å². The number of carbonyl (C=O) groups is 2. The van der Waals surface area contributed by atoms with Crippen molar-refractivity contribution < 1.29 is 32.6 Å². The van der Waals surface area contributed by atoms with E-state index >= 15 is 0 Å². The third kappa shape index (κ3) is 8.54. The minimum atomic E-state index is -4.50. The van der Waals surface area contributed by atoms with Crippen LogP contribution in [0, 0.1) is 0 Å². The van der Waals surface area contributed by atoms with Gasteiger partial charge in [0.15, 0.2) is 5.78 Å². The number of aryl methyl sites for hydroxylation is 1. The van der Waals surface area contributed by atoms with Crippen molar-refractivity contribution in [3.05, 3.63) is 118 Å². The number of allylic oxidation sites excluding steroid dienone is 2. The zero-order chi connectivity index (χ0) is 31.0. The topological polar surface area (TPSA) is 88.5 Å². The van der Waals surface area contributed by atoms with Crippen LogP contribution in [-0.2, 0) is 30.4 Å². The molecule has 6 nitrogen and oxygen atoms in total. The molecule has 0 radical (unpaired) electrons. The van der Waals surface area contributed by atoms with Crippen LogP contribution < -0.4 is 10.1 Å². The largest absolute Gasteiger partial charge is 0.487 e. The Hall–Kier alpha value is -4.44. The van der Waals surface area contributed by atoms with Gasteiger partial charge in [-0.1, -0.05) is 68.4 Å². The predicted octanol–water partition coefficient (Wildman–Crippen LogP) is 7.73. The summed E-state index contributed by atoms with van der Waals surface area (Å²) in [4.78, 5) is 30.6. The molecule has 0 aliphatic carbocycles. The van der Waals surface area contributed by atoms with Crippen molar-refractivity contribution in [1.29, 1.82) is 0 Å². The molecule has 4 rings (SSSR count). The number of ether oxygens (including phenoxy) is 1. The molecule has 0 aliphatic rings. The second-order valence-corrected chi connectivity index (χ2v) is 10.8. The van der Waals surface area contributed by atoms with Crippen LogP contribution in [0.5, 0.6) is 5.75 Å². The lowest BCUT2D eigenvalue weighted by Crippen LogP contribution is -2.38. The quantitative estimate of drug-likeness (QED) is 0.119. The standard InChI is InChI=1S/C33H31F3N2O4S/c1-3-25(19-29(39)22-12-14-24(15-13-22)33(34,35)36)37-27(32(40)41)18-21-10-16-26(17-11-21)42-20-28-30(4-2)43-31(38-28)23-8-6-5-7-9-23/h5-17,19,27,37H,3-4,18,20H2,1-2H3,(H,40,41)/b25-19-/t27-/m0/s1. The number of carboxylic acid groups (broad SMARTS) is 1. The Balaban J connectivity index is 1.38. The molecule has 3 aromatic carbocycles. The number of thiazole rings is 1. The molecule has 2 N–H and O–H groups in total. The fraction of sp³-hybridized carbons (Fsp3) is 0.242. The summed E-state index contributed by atoms with van der Waals surface area (Å²) in [6.07, 6.45) is -1.98. The van der Waals surface area contributed by atoms with Crippen LogP contribution >= 0.6 is 11.3 Å². The van der Waals surface area contributed by atoms with Gasteiger partial charge < -0.3 is 15.2 Å². The molecule has 0 unspecified atom stereocenters. The number of carbonyl (C=O) groups excluding carboxylic acids is 1. The molecular weight excluding hydrogens is 577 g/mol. The molecule has 1 heterocycles. The molecule has 1 aromatic heterocycles. The number of aliphatic carboxylic acids is 1. The third-order valence-corrected chi connectivity index (χ3v) is 7.99. The van der Waals surface area contributed by atoms with Crippen LogP contribution in [-0.4, -0.2) is 27.9 Å². The first-order valence-electron chi connectivity index (χ1n) is 13.7. The Labute approximate surface area is 251 Å². The lowest BCUT2D eigenvalue weighted by molar-refractivity contribution is -0.139. The first-order valence-corrected chi connectivity index (χ1v) is 14.6. The molecule has 0 saturated carbocycles. The highest BCUT2D eigenvalue weighted by Crippen LogP contribution is 2.30. The number of aromatic nitrogens is 1. The summed E-state index contributed by atoms with van der Waals surface area (Å²) in [5.41, 5.74) is 2.27. The van der Waals surface area contributed by atoms with E-state index in [1.54, 1.807) is 42.5 Å². The molecule has 0 aliphatic heterocycles. The molecule has 0 fully saturated rings. The van der Waals surface area contributed by atoms with E-state index in [1.807, 2.05) is 30.3 Å². The number of hydrogen-bond acceptors (Lipinski definition) is 6. The predicted molar refractivity (Wildman–Crippen MR) is 160 cm³/mol. The molecule has 10 heteroatoms. The average Bonchev–Trinajstić information content (AvgIpc) is 3.43. The summed E-state index contributed by atoms with van der Waals surface area (Å²) < 4.78 is 44.5. The zero-order valence-electron chi connectivity index (χ0n) is 23.6. The Morgan fingerprint density at radius 1 is 1.00 bits per heavy atom. The molecular formula is C33H31F3N2O4S. The SMILES string of the molecule is CC/C(=C/C(=O)c1ccc(C(F)(F)F)cc1)N[C@@H](Cc1ccc(OCc2nc(-c3ccccc3)sc2CC)cc1)C(=O)O. The maximum Gasteiger partial charge on any atom is 0.416 e. The van der Waals surface area contributed by atoms with Crippen molar-refractivity contribution >= 4 is 23.1 Å². The van der Waals surface area contributed by atoms with E-state index in [9.17, 15) is 27.9 Å². The van der Waals surface area contributed by atoms with Gasteiger partial charge >= 0.3 is 12.1 Å². The van der Waals surface area contributed by atoms with Crippen LogP contribution in [0.15, 0.2) is 90.6 Å². The number of carboxylic acids is 1. The van der Waals surface area contributed by atoms with Gasteiger partial charge in [-0.3, -0.25) is 4.79 Å². The number of rotatable bonds is 13. The summed E-state index contributed by atoms with van der Waals surface area (Å²) in [5.74, 6) is -1.01. The molecule has 1 atom stereocenters. The van der Waals surface area contributed by atoms with Crippen LogP contribution in [0.25, 0.3) is 10.6 Å². The highest BCUT2D eigenvalue weighted by molar-refractivity contribution is 7.15. The van der Waals surface area contributed by atoms with E-state index in [1.165, 1.54) is 6.08 Å². The summed E-state index contributed by atoms with van der Waals surface area (Å²) in [6.45, 7) is 4.14. The molecule has 4 aromatic rings. The monoisotopic (exact) mass is 608 g/mol. The number of halogens is 3. The lowest BCUT2D eigenvalue weighted by atomic mass is 10.0. The highest BCUT2D eigenvalue weighted by atomic mass is 32.1. The Morgan fingerprint density at radius 3 is 2.26 bits per heavy atom. The van der Waals surface area contributed by atoms with E-state index < -0.39 is 29.5 Å². The van der Waals surface area contributed by atoms with Gasteiger partial charge in [0.2, 0.25) is 0 Å². The second-order valence-electron chi connectivity index (χ2n) is 9.74. The summed E-state index contributed by atoms with van der Waals surface area (Å²) in [7, 11) is 0. The molecule has 0 amide bonds. The highest BCUT2D eigenvalue weighted by Gasteiger charge is 2.30. The number of ketones is 1. The fourth-order valence-electron chi connectivity index (χ4n) is 4.32. The molecule has 0 bridgehead atoms. The first kappa shape index (κ1) is 31.5. The fourth-order valence-corrected chi connectivity index (χ4v) is 5.33. The van der Waals surface area contributed by atoms with Crippen LogP contribution in [0.1, 0.15) is 52.3 Å². The van der Waals surface area contributed by atoms with Crippen LogP contribution in [0.4, 0.5) is 13.2 Å². The van der Waals surface area contributed by atoms with Crippen LogP contribution in [0.2, 0.25) is 0 Å². The Morgan fingerprint density at radius 2 is 1.67 bits per heavy atom. The maximum atomic E-state index is 12.8. The Kier molecular flexibility index (Phi) is 10.4. The van der Waals surface area contributed by atoms with Crippen molar-refractivity contribution in [3.8, 4) is 16.3 Å². The van der Waals surface area contributed by atoms with Gasteiger partial charge in [-0.25, -0.2) is 9.78 Å². The van der Waals surface area contributed by atoms with E-state index in [-0.39, 0.29) is 12.0 Å². The number of nitrogens with zero attached hydrogens (tertiary/aromatic N) is 1. The number of alkyl halides is 3.